The maximum Gasteiger partial charge on any atom is 0.251 e. The lowest BCUT2D eigenvalue weighted by atomic mass is 10.1. The van der Waals surface area contributed by atoms with Gasteiger partial charge in [-0.3, -0.25) is 9.59 Å². The van der Waals surface area contributed by atoms with E-state index in [-0.39, 0.29) is 24.1 Å². The van der Waals surface area contributed by atoms with Crippen LogP contribution in [-0.4, -0.2) is 39.4 Å². The largest absolute Gasteiger partial charge is 0.497 e. The van der Waals surface area contributed by atoms with Gasteiger partial charge in [0, 0.05) is 17.8 Å². The predicted molar refractivity (Wildman–Crippen MR) is 134 cm³/mol. The van der Waals surface area contributed by atoms with Crippen molar-refractivity contribution in [1.82, 2.24) is 20.1 Å². The van der Waals surface area contributed by atoms with Gasteiger partial charge in [-0.15, -0.1) is 10.2 Å². The summed E-state index contributed by atoms with van der Waals surface area (Å²) in [4.78, 5) is 25.1. The van der Waals surface area contributed by atoms with Crippen LogP contribution in [-0.2, 0) is 17.9 Å². The summed E-state index contributed by atoms with van der Waals surface area (Å²) in [6.45, 7) is 7.09. The standard InChI is InChI=1S/C25H31N5O3S/c1-5-6-14-30-22(15-26-24(32)19-10-12-20(33-4)13-11-19)28-29-25(30)34-16-23(31)27-21-9-7-8-17(2)18(21)3/h7-13H,5-6,14-16H2,1-4H3,(H,26,32)(H,27,31). The average molecular weight is 482 g/mol. The van der Waals surface area contributed by atoms with Crippen molar-refractivity contribution < 1.29 is 14.3 Å². The Morgan fingerprint density at radius 1 is 1.09 bits per heavy atom. The van der Waals surface area contributed by atoms with Crippen LogP contribution in [0.3, 0.4) is 0 Å². The fraction of sp³-hybridized carbons (Fsp3) is 0.360. The molecule has 0 saturated heterocycles. The van der Waals surface area contributed by atoms with Crippen molar-refractivity contribution in [2.75, 3.05) is 18.2 Å². The van der Waals surface area contributed by atoms with E-state index in [9.17, 15) is 9.59 Å². The molecule has 0 fully saturated rings. The molecule has 2 N–H and O–H groups in total. The van der Waals surface area contributed by atoms with Gasteiger partial charge >= 0.3 is 0 Å². The summed E-state index contributed by atoms with van der Waals surface area (Å²) >= 11 is 1.34. The monoisotopic (exact) mass is 481 g/mol. The minimum absolute atomic E-state index is 0.0990. The van der Waals surface area contributed by atoms with Gasteiger partial charge in [-0.05, 0) is 61.7 Å². The minimum atomic E-state index is -0.199. The Kier molecular flexibility index (Phi) is 9.09. The first kappa shape index (κ1) is 25.3. The molecule has 180 valence electrons. The van der Waals surface area contributed by atoms with E-state index in [0.717, 1.165) is 36.2 Å². The van der Waals surface area contributed by atoms with E-state index in [1.807, 2.05) is 36.6 Å². The number of aryl methyl sites for hydroxylation is 1. The van der Waals surface area contributed by atoms with Crippen LogP contribution in [0.1, 0.15) is 47.1 Å². The Labute approximate surface area is 204 Å². The number of methoxy groups -OCH3 is 1. The second-order valence-electron chi connectivity index (χ2n) is 7.90. The van der Waals surface area contributed by atoms with Crippen LogP contribution in [0.4, 0.5) is 5.69 Å². The molecule has 0 unspecified atom stereocenters. The van der Waals surface area contributed by atoms with Crippen LogP contribution in [0.5, 0.6) is 5.75 Å². The molecule has 0 aliphatic heterocycles. The molecule has 0 bridgehead atoms. The van der Waals surface area contributed by atoms with Gasteiger partial charge in [0.2, 0.25) is 5.91 Å². The summed E-state index contributed by atoms with van der Waals surface area (Å²) in [7, 11) is 1.58. The number of carbonyl (C=O) groups is 2. The van der Waals surface area contributed by atoms with Crippen LogP contribution in [0.2, 0.25) is 0 Å². The SMILES string of the molecule is CCCCn1c(CNC(=O)c2ccc(OC)cc2)nnc1SCC(=O)Nc1cccc(C)c1C. The number of ether oxygens (including phenoxy) is 1. The van der Waals surface area contributed by atoms with Crippen molar-refractivity contribution in [3.63, 3.8) is 0 Å². The van der Waals surface area contributed by atoms with Gasteiger partial charge in [0.25, 0.3) is 5.91 Å². The Bertz CT molecular complexity index is 1130. The molecular formula is C25H31N5O3S. The van der Waals surface area contributed by atoms with Crippen molar-refractivity contribution >= 4 is 29.3 Å². The van der Waals surface area contributed by atoms with Crippen LogP contribution < -0.4 is 15.4 Å². The molecule has 0 atom stereocenters. The predicted octanol–water partition coefficient (Wildman–Crippen LogP) is 4.36. The lowest BCUT2D eigenvalue weighted by molar-refractivity contribution is -0.113. The highest BCUT2D eigenvalue weighted by atomic mass is 32.2. The van der Waals surface area contributed by atoms with Crippen molar-refractivity contribution in [3.05, 3.63) is 65.0 Å². The molecule has 0 aliphatic carbocycles. The third kappa shape index (κ3) is 6.60. The molecule has 0 radical (unpaired) electrons. The smallest absolute Gasteiger partial charge is 0.251 e. The zero-order chi connectivity index (χ0) is 24.5. The number of hydrogen-bond acceptors (Lipinski definition) is 6. The molecule has 0 aliphatic rings. The third-order valence-electron chi connectivity index (χ3n) is 5.50. The highest BCUT2D eigenvalue weighted by Crippen LogP contribution is 2.21. The van der Waals surface area contributed by atoms with Gasteiger partial charge < -0.3 is 19.9 Å². The first-order valence-electron chi connectivity index (χ1n) is 11.3. The molecule has 1 heterocycles. The van der Waals surface area contributed by atoms with E-state index in [2.05, 4.69) is 27.8 Å². The number of unbranched alkanes of at least 4 members (excludes halogenated alkanes) is 1. The molecular weight excluding hydrogens is 450 g/mol. The second kappa shape index (κ2) is 12.2. The number of thioether (sulfide) groups is 1. The molecule has 34 heavy (non-hydrogen) atoms. The molecule has 0 saturated carbocycles. The summed E-state index contributed by atoms with van der Waals surface area (Å²) in [5.74, 6) is 1.27. The summed E-state index contributed by atoms with van der Waals surface area (Å²) in [6, 6.07) is 12.8. The molecule has 2 amide bonds. The first-order valence-corrected chi connectivity index (χ1v) is 12.2. The summed E-state index contributed by atoms with van der Waals surface area (Å²) < 4.78 is 7.11. The molecule has 0 spiro atoms. The number of nitrogens with zero attached hydrogens (tertiary/aromatic N) is 3. The number of aromatic nitrogens is 3. The molecule has 3 rings (SSSR count). The lowest BCUT2D eigenvalue weighted by Crippen LogP contribution is -2.25. The van der Waals surface area contributed by atoms with E-state index in [0.29, 0.717) is 22.3 Å². The summed E-state index contributed by atoms with van der Waals surface area (Å²) in [5, 5.41) is 15.1. The van der Waals surface area contributed by atoms with E-state index < -0.39 is 0 Å². The zero-order valence-corrected chi connectivity index (χ0v) is 20.9. The van der Waals surface area contributed by atoms with Crippen molar-refractivity contribution in [3.8, 4) is 5.75 Å². The molecule has 8 nitrogen and oxygen atoms in total. The summed E-state index contributed by atoms with van der Waals surface area (Å²) in [5.41, 5.74) is 3.55. The molecule has 2 aromatic carbocycles. The highest BCUT2D eigenvalue weighted by molar-refractivity contribution is 7.99. The first-order chi connectivity index (χ1) is 16.4. The summed E-state index contributed by atoms with van der Waals surface area (Å²) in [6.07, 6.45) is 1.95. The number of hydrogen-bond donors (Lipinski definition) is 2. The number of carbonyl (C=O) groups excluding carboxylic acids is 2. The lowest BCUT2D eigenvalue weighted by Gasteiger charge is -2.12. The van der Waals surface area contributed by atoms with E-state index in [1.54, 1.807) is 31.4 Å². The van der Waals surface area contributed by atoms with Crippen LogP contribution in [0.25, 0.3) is 0 Å². The normalized spacial score (nSPS) is 10.7. The number of benzene rings is 2. The topological polar surface area (TPSA) is 98.1 Å². The number of rotatable bonds is 11. The van der Waals surface area contributed by atoms with Crippen molar-refractivity contribution in [1.29, 1.82) is 0 Å². The van der Waals surface area contributed by atoms with Crippen LogP contribution in [0.15, 0.2) is 47.6 Å². The van der Waals surface area contributed by atoms with Gasteiger partial charge in [-0.1, -0.05) is 37.2 Å². The Balaban J connectivity index is 1.62. The van der Waals surface area contributed by atoms with Gasteiger partial charge in [0.1, 0.15) is 5.75 Å². The van der Waals surface area contributed by atoms with Crippen molar-refractivity contribution in [2.24, 2.45) is 0 Å². The van der Waals surface area contributed by atoms with Gasteiger partial charge in [-0.25, -0.2) is 0 Å². The van der Waals surface area contributed by atoms with Crippen LogP contribution in [0, 0.1) is 13.8 Å². The Morgan fingerprint density at radius 2 is 1.85 bits per heavy atom. The van der Waals surface area contributed by atoms with Gasteiger partial charge in [0.05, 0.1) is 19.4 Å². The molecule has 3 aromatic rings. The number of amides is 2. The average Bonchev–Trinajstić information content (AvgIpc) is 3.24. The van der Waals surface area contributed by atoms with Crippen LogP contribution >= 0.6 is 11.8 Å². The van der Waals surface area contributed by atoms with Gasteiger partial charge in [-0.2, -0.15) is 0 Å². The maximum absolute atomic E-state index is 12.5. The fourth-order valence-electron chi connectivity index (χ4n) is 3.30. The Hall–Kier alpha value is -3.33. The van der Waals surface area contributed by atoms with Crippen molar-refractivity contribution in [2.45, 2.75) is 51.9 Å². The quantitative estimate of drug-likeness (QED) is 0.395. The van der Waals surface area contributed by atoms with E-state index in [1.165, 1.54) is 11.8 Å². The Morgan fingerprint density at radius 3 is 2.56 bits per heavy atom. The second-order valence-corrected chi connectivity index (χ2v) is 8.84. The number of nitrogens with one attached hydrogen (secondary N) is 2. The zero-order valence-electron chi connectivity index (χ0n) is 20.1. The third-order valence-corrected chi connectivity index (χ3v) is 6.47. The molecule has 9 heteroatoms. The molecule has 1 aromatic heterocycles. The van der Waals surface area contributed by atoms with E-state index >= 15 is 0 Å². The van der Waals surface area contributed by atoms with Gasteiger partial charge in [0.15, 0.2) is 11.0 Å². The minimum Gasteiger partial charge on any atom is -0.497 e. The number of anilines is 1. The maximum atomic E-state index is 12.5. The fourth-order valence-corrected chi connectivity index (χ4v) is 4.09. The highest BCUT2D eigenvalue weighted by Gasteiger charge is 2.16. The van der Waals surface area contributed by atoms with E-state index in [4.69, 9.17) is 4.74 Å².